The fraction of sp³-hybridized carbons (Fsp3) is 0.667. The Hall–Kier alpha value is 1.54. The van der Waals surface area contributed by atoms with Crippen LogP contribution in [0.4, 0.5) is 0 Å². The van der Waals surface area contributed by atoms with Crippen molar-refractivity contribution in [3.8, 4) is 0 Å². The average Bonchev–Trinajstić information content (AvgIpc) is 0.811. The van der Waals surface area contributed by atoms with Gasteiger partial charge in [0, 0.05) is 21.7 Å². The summed E-state index contributed by atoms with van der Waals surface area (Å²) in [5.74, 6) is 4.24. The Morgan fingerprint density at radius 2 is 1.33 bits per heavy atom. The zero-order valence-electron chi connectivity index (χ0n) is 4.49. The quantitative estimate of drug-likeness (QED) is 0.362. The molecule has 3 heteroatoms. The number of hydrogen-bond acceptors (Lipinski definition) is 0. The minimum Gasteiger partial charge on any atom is -0.358 e. The maximum absolute atomic E-state index is 4.76. The average molecular weight is 156 g/mol. The molecular formula is C3H10AlClTi-. The van der Waals surface area contributed by atoms with Gasteiger partial charge in [0.25, 0.3) is 0 Å². The number of halogens is 1. The summed E-state index contributed by atoms with van der Waals surface area (Å²) in [6, 6.07) is 0. The molecule has 0 amide bonds. The molecule has 0 heterocycles. The zero-order valence-corrected chi connectivity index (χ0v) is 8.02. The molecule has 0 aromatic rings. The van der Waals surface area contributed by atoms with Gasteiger partial charge in [-0.25, -0.2) is 0 Å². The topological polar surface area (TPSA) is 0 Å². The van der Waals surface area contributed by atoms with Crippen molar-refractivity contribution in [2.45, 2.75) is 11.6 Å². The largest absolute Gasteiger partial charge is 0.415 e. The molecule has 0 fully saturated rings. The third kappa shape index (κ3) is 48.3. The van der Waals surface area contributed by atoms with Crippen LogP contribution in [0.15, 0.2) is 0 Å². The SMILES string of the molecule is [CH3-].[CH3][Al-]([CH3])[ClH+].[Ti]. The first-order valence-electron chi connectivity index (χ1n) is 1.39. The van der Waals surface area contributed by atoms with E-state index in [1.165, 1.54) is 0 Å². The molecule has 0 unspecified atom stereocenters. The van der Waals surface area contributed by atoms with E-state index in [2.05, 4.69) is 11.6 Å². The van der Waals surface area contributed by atoms with E-state index in [1.807, 2.05) is 0 Å². The van der Waals surface area contributed by atoms with E-state index in [0.29, 0.717) is 0 Å². The van der Waals surface area contributed by atoms with Crippen molar-refractivity contribution in [1.29, 1.82) is 0 Å². The molecule has 0 aromatic carbocycles. The van der Waals surface area contributed by atoms with Crippen LogP contribution in [0.2, 0.25) is 11.6 Å². The summed E-state index contributed by atoms with van der Waals surface area (Å²) in [6.45, 7) is 0. The number of rotatable bonds is 0. The van der Waals surface area contributed by atoms with Gasteiger partial charge in [-0.1, -0.05) is 0 Å². The van der Waals surface area contributed by atoms with Gasteiger partial charge in [0.1, 0.15) is 0 Å². The van der Waals surface area contributed by atoms with E-state index < -0.39 is 13.2 Å². The van der Waals surface area contributed by atoms with Crippen molar-refractivity contribution < 1.29 is 31.8 Å². The molecule has 0 aliphatic rings. The van der Waals surface area contributed by atoms with Gasteiger partial charge in [-0.15, -0.1) is 0 Å². The van der Waals surface area contributed by atoms with Crippen molar-refractivity contribution in [2.75, 3.05) is 0 Å². The van der Waals surface area contributed by atoms with E-state index in [4.69, 9.17) is 10.0 Å². The Balaban J connectivity index is -0.0000000450. The van der Waals surface area contributed by atoms with Crippen LogP contribution < -0.4 is 0 Å². The molecule has 0 aliphatic carbocycles. The molecule has 0 aromatic heterocycles. The maximum atomic E-state index is 4.76. The van der Waals surface area contributed by atoms with Crippen molar-refractivity contribution in [3.05, 3.63) is 7.43 Å². The first-order chi connectivity index (χ1) is 1.73. The van der Waals surface area contributed by atoms with Gasteiger partial charge < -0.3 is 7.43 Å². The Labute approximate surface area is 63.7 Å². The first-order valence-corrected chi connectivity index (χ1v) is 5.59. The summed E-state index contributed by atoms with van der Waals surface area (Å²) in [5.41, 5.74) is 0. The molecule has 0 spiro atoms. The number of hydrogen-bond donors (Lipinski definition) is 0. The molecule has 6 heavy (non-hydrogen) atoms. The normalized spacial score (nSPS) is 6.00. The molecule has 0 atom stereocenters. The second-order valence-electron chi connectivity index (χ2n) is 1.05. The summed E-state index contributed by atoms with van der Waals surface area (Å²) in [7, 11) is 4.76. The molecule has 0 nitrogen and oxygen atoms in total. The zero-order chi connectivity index (χ0) is 3.58. The summed E-state index contributed by atoms with van der Waals surface area (Å²) >= 11 is -0.556. The van der Waals surface area contributed by atoms with Crippen LogP contribution in [0.5, 0.6) is 0 Å². The minimum absolute atomic E-state index is 0. The van der Waals surface area contributed by atoms with Crippen LogP contribution in [0.1, 0.15) is 0 Å². The Bertz CT molecular complexity index is 15.5. The minimum atomic E-state index is -0.556. The Morgan fingerprint density at radius 1 is 1.33 bits per heavy atom. The Morgan fingerprint density at radius 3 is 1.33 bits per heavy atom. The van der Waals surface area contributed by atoms with Crippen LogP contribution in [0.3, 0.4) is 0 Å². The Kier molecular flexibility index (Phi) is 25.4. The van der Waals surface area contributed by atoms with Gasteiger partial charge in [-0.3, -0.25) is 10.0 Å². The van der Waals surface area contributed by atoms with Gasteiger partial charge in [0.2, 0.25) is 0 Å². The summed E-state index contributed by atoms with van der Waals surface area (Å²) in [5, 5.41) is 0. The predicted octanol–water partition coefficient (Wildman–Crippen LogP) is 0.967. The molecule has 1 radical (unpaired) electrons. The smallest absolute Gasteiger partial charge is 0.358 e. The van der Waals surface area contributed by atoms with Gasteiger partial charge in [0.05, 0.1) is 0 Å². The van der Waals surface area contributed by atoms with Gasteiger partial charge >= 0.3 is 13.2 Å². The van der Waals surface area contributed by atoms with Gasteiger partial charge in [-0.05, 0) is 0 Å². The molecule has 0 saturated heterocycles. The van der Waals surface area contributed by atoms with Crippen LogP contribution in [0.25, 0.3) is 0 Å². The van der Waals surface area contributed by atoms with Crippen LogP contribution in [0, 0.1) is 17.5 Å². The van der Waals surface area contributed by atoms with Crippen molar-refractivity contribution in [2.24, 2.45) is 0 Å². The molecule has 0 N–H and O–H groups in total. The fourth-order valence-electron chi connectivity index (χ4n) is 0. The molecule has 0 saturated carbocycles. The first kappa shape index (κ1) is 15.6. The monoisotopic (exact) mass is 156 g/mol. The van der Waals surface area contributed by atoms with Crippen LogP contribution in [-0.2, 0) is 21.7 Å². The maximum Gasteiger partial charge on any atom is 0.415 e. The fourth-order valence-corrected chi connectivity index (χ4v) is 0. The van der Waals surface area contributed by atoms with Gasteiger partial charge in [0.15, 0.2) is 0 Å². The molecular weight excluding hydrogens is 146 g/mol. The van der Waals surface area contributed by atoms with Crippen LogP contribution >= 0.6 is 0 Å². The van der Waals surface area contributed by atoms with Crippen molar-refractivity contribution in [3.63, 3.8) is 0 Å². The summed E-state index contributed by atoms with van der Waals surface area (Å²) in [6.07, 6.45) is 0. The van der Waals surface area contributed by atoms with Gasteiger partial charge in [-0.2, -0.15) is 11.6 Å². The van der Waals surface area contributed by atoms with Crippen molar-refractivity contribution >= 4 is 13.2 Å². The molecule has 37 valence electrons. The van der Waals surface area contributed by atoms with E-state index >= 15 is 0 Å². The predicted molar refractivity (Wildman–Crippen MR) is 25.3 cm³/mol. The molecule has 0 aliphatic heterocycles. The van der Waals surface area contributed by atoms with E-state index in [1.54, 1.807) is 0 Å². The molecule has 0 bridgehead atoms. The second kappa shape index (κ2) is 9.74. The van der Waals surface area contributed by atoms with E-state index in [-0.39, 0.29) is 29.1 Å². The standard InChI is InChI=1S/3CH3.Al.ClH.Ti/h3*1H3;;1H;/q;;-1;;;. The van der Waals surface area contributed by atoms with Crippen molar-refractivity contribution in [1.82, 2.24) is 0 Å². The third-order valence-electron chi connectivity index (χ3n) is 0. The molecule has 0 rings (SSSR count). The summed E-state index contributed by atoms with van der Waals surface area (Å²) in [4.78, 5) is 0. The third-order valence-corrected chi connectivity index (χ3v) is 0. The second-order valence-corrected chi connectivity index (χ2v) is 5.97. The van der Waals surface area contributed by atoms with E-state index in [0.717, 1.165) is 0 Å². The summed E-state index contributed by atoms with van der Waals surface area (Å²) < 4.78 is 0. The van der Waals surface area contributed by atoms with Crippen LogP contribution in [-0.4, -0.2) is 13.2 Å². The van der Waals surface area contributed by atoms with E-state index in [9.17, 15) is 0 Å².